The Hall–Kier alpha value is -2.08. The first-order valence-electron chi connectivity index (χ1n) is 6.56. The second kappa shape index (κ2) is 6.91. The van der Waals surface area contributed by atoms with Crippen LogP contribution in [0.2, 0.25) is 0 Å². The van der Waals surface area contributed by atoms with Crippen LogP contribution in [0.15, 0.2) is 24.3 Å². The first-order chi connectivity index (χ1) is 9.70. The normalized spacial score (nSPS) is 14.2. The Morgan fingerprint density at radius 2 is 2.25 bits per heavy atom. The second-order valence-electron chi connectivity index (χ2n) is 4.60. The Labute approximate surface area is 118 Å². The van der Waals surface area contributed by atoms with E-state index < -0.39 is 0 Å². The molecule has 0 aliphatic carbocycles. The van der Waals surface area contributed by atoms with Crippen LogP contribution >= 0.6 is 0 Å². The van der Waals surface area contributed by atoms with Gasteiger partial charge >= 0.3 is 0 Å². The molecular weight excluding hydrogens is 258 g/mol. The molecule has 2 amide bonds. The Balaban J connectivity index is 1.97. The zero-order chi connectivity index (χ0) is 14.4. The Bertz CT molecular complexity index is 490. The van der Waals surface area contributed by atoms with Crippen LogP contribution in [0.4, 0.5) is 5.69 Å². The van der Waals surface area contributed by atoms with E-state index in [1.807, 2.05) is 24.3 Å². The summed E-state index contributed by atoms with van der Waals surface area (Å²) in [4.78, 5) is 25.3. The molecule has 6 nitrogen and oxygen atoms in total. The molecule has 6 heteroatoms. The van der Waals surface area contributed by atoms with Crippen LogP contribution in [-0.2, 0) is 20.9 Å². The van der Waals surface area contributed by atoms with Crippen molar-refractivity contribution in [1.82, 2.24) is 10.2 Å². The zero-order valence-corrected chi connectivity index (χ0v) is 11.5. The van der Waals surface area contributed by atoms with Crippen LogP contribution in [0.5, 0.6) is 0 Å². The summed E-state index contributed by atoms with van der Waals surface area (Å²) in [5.41, 5.74) is 1.96. The molecule has 0 fully saturated rings. The number of ether oxygens (including phenoxy) is 1. The summed E-state index contributed by atoms with van der Waals surface area (Å²) in [6, 6.07) is 7.73. The fraction of sp³-hybridized carbons (Fsp3) is 0.429. The number of nitrogens with zero attached hydrogens (tertiary/aromatic N) is 1. The summed E-state index contributed by atoms with van der Waals surface area (Å²) in [6.07, 6.45) is 0. The van der Waals surface area contributed by atoms with E-state index >= 15 is 0 Å². The number of rotatable bonds is 5. The number of hydrogen-bond donors (Lipinski definition) is 2. The molecular formula is C14H19N3O3. The van der Waals surface area contributed by atoms with Crippen molar-refractivity contribution in [3.8, 4) is 0 Å². The molecule has 0 saturated heterocycles. The minimum atomic E-state index is -0.171. The van der Waals surface area contributed by atoms with Crippen LogP contribution in [0.1, 0.15) is 5.56 Å². The molecule has 0 saturated carbocycles. The molecule has 1 heterocycles. The number of methoxy groups -OCH3 is 1. The van der Waals surface area contributed by atoms with Gasteiger partial charge in [0.25, 0.3) is 0 Å². The summed E-state index contributed by atoms with van der Waals surface area (Å²) < 4.78 is 4.86. The summed E-state index contributed by atoms with van der Waals surface area (Å²) >= 11 is 0. The monoisotopic (exact) mass is 277 g/mol. The molecule has 1 aromatic carbocycles. The SMILES string of the molecule is COCCNC(=O)CN1Cc2ccccc2NCC1=O. The first-order valence-corrected chi connectivity index (χ1v) is 6.56. The lowest BCUT2D eigenvalue weighted by atomic mass is 10.2. The lowest BCUT2D eigenvalue weighted by molar-refractivity contribution is -0.135. The molecule has 0 atom stereocenters. The minimum absolute atomic E-state index is 0.0680. The van der Waals surface area contributed by atoms with E-state index in [0.29, 0.717) is 19.7 Å². The Morgan fingerprint density at radius 1 is 1.45 bits per heavy atom. The third-order valence-corrected chi connectivity index (χ3v) is 3.12. The van der Waals surface area contributed by atoms with Crippen LogP contribution in [0.3, 0.4) is 0 Å². The second-order valence-corrected chi connectivity index (χ2v) is 4.60. The van der Waals surface area contributed by atoms with Gasteiger partial charge in [0, 0.05) is 25.9 Å². The highest BCUT2D eigenvalue weighted by atomic mass is 16.5. The molecule has 20 heavy (non-hydrogen) atoms. The molecule has 0 bridgehead atoms. The van der Waals surface area contributed by atoms with Gasteiger partial charge in [0.2, 0.25) is 11.8 Å². The number of anilines is 1. The quantitative estimate of drug-likeness (QED) is 0.755. The fourth-order valence-electron chi connectivity index (χ4n) is 2.07. The van der Waals surface area contributed by atoms with Crippen molar-refractivity contribution >= 4 is 17.5 Å². The first kappa shape index (κ1) is 14.3. The summed E-state index contributed by atoms with van der Waals surface area (Å²) in [5.74, 6) is -0.252. The maximum Gasteiger partial charge on any atom is 0.242 e. The molecule has 1 aliphatic heterocycles. The number of benzene rings is 1. The summed E-state index contributed by atoms with van der Waals surface area (Å²) in [6.45, 7) is 1.64. The van der Waals surface area contributed by atoms with E-state index in [1.165, 1.54) is 0 Å². The topological polar surface area (TPSA) is 70.7 Å². The van der Waals surface area contributed by atoms with Gasteiger partial charge in [-0.3, -0.25) is 9.59 Å². The third-order valence-electron chi connectivity index (χ3n) is 3.12. The number of nitrogens with one attached hydrogen (secondary N) is 2. The van der Waals surface area contributed by atoms with Gasteiger partial charge in [0.15, 0.2) is 0 Å². The van der Waals surface area contributed by atoms with E-state index in [0.717, 1.165) is 11.3 Å². The van der Waals surface area contributed by atoms with Gasteiger partial charge in [-0.25, -0.2) is 0 Å². The predicted molar refractivity (Wildman–Crippen MR) is 75.2 cm³/mol. The molecule has 2 N–H and O–H groups in total. The molecule has 1 aromatic rings. The molecule has 0 spiro atoms. The van der Waals surface area contributed by atoms with E-state index in [4.69, 9.17) is 4.74 Å². The van der Waals surface area contributed by atoms with E-state index in [2.05, 4.69) is 10.6 Å². The Morgan fingerprint density at radius 3 is 3.05 bits per heavy atom. The van der Waals surface area contributed by atoms with Crippen molar-refractivity contribution in [3.63, 3.8) is 0 Å². The van der Waals surface area contributed by atoms with Crippen LogP contribution in [-0.4, -0.2) is 50.1 Å². The lowest BCUT2D eigenvalue weighted by Gasteiger charge is -2.19. The summed E-state index contributed by atoms with van der Waals surface area (Å²) in [5, 5.41) is 5.81. The van der Waals surface area contributed by atoms with Gasteiger partial charge in [0.1, 0.15) is 0 Å². The van der Waals surface area contributed by atoms with Gasteiger partial charge in [-0.1, -0.05) is 18.2 Å². The van der Waals surface area contributed by atoms with Crippen molar-refractivity contribution in [2.45, 2.75) is 6.54 Å². The van der Waals surface area contributed by atoms with Gasteiger partial charge in [-0.05, 0) is 11.6 Å². The largest absolute Gasteiger partial charge is 0.383 e. The van der Waals surface area contributed by atoms with Gasteiger partial charge in [0.05, 0.1) is 19.7 Å². The number of hydrogen-bond acceptors (Lipinski definition) is 4. The van der Waals surface area contributed by atoms with Crippen molar-refractivity contribution in [2.75, 3.05) is 38.7 Å². The summed E-state index contributed by atoms with van der Waals surface area (Å²) in [7, 11) is 1.58. The van der Waals surface area contributed by atoms with E-state index in [9.17, 15) is 9.59 Å². The van der Waals surface area contributed by atoms with Crippen molar-refractivity contribution < 1.29 is 14.3 Å². The average molecular weight is 277 g/mol. The predicted octanol–water partition coefficient (Wildman–Crippen LogP) is 0.203. The zero-order valence-electron chi connectivity index (χ0n) is 11.5. The smallest absolute Gasteiger partial charge is 0.242 e. The molecule has 0 radical (unpaired) electrons. The highest BCUT2D eigenvalue weighted by Gasteiger charge is 2.21. The van der Waals surface area contributed by atoms with Crippen molar-refractivity contribution in [1.29, 1.82) is 0 Å². The fourth-order valence-corrected chi connectivity index (χ4v) is 2.07. The van der Waals surface area contributed by atoms with Crippen LogP contribution in [0, 0.1) is 0 Å². The lowest BCUT2D eigenvalue weighted by Crippen LogP contribution is -2.42. The number of carbonyl (C=O) groups excluding carboxylic acids is 2. The molecule has 2 rings (SSSR count). The van der Waals surface area contributed by atoms with Crippen LogP contribution < -0.4 is 10.6 Å². The van der Waals surface area contributed by atoms with Crippen molar-refractivity contribution in [3.05, 3.63) is 29.8 Å². The van der Waals surface area contributed by atoms with Gasteiger partial charge < -0.3 is 20.3 Å². The number of fused-ring (bicyclic) bond motifs is 1. The van der Waals surface area contributed by atoms with Crippen molar-refractivity contribution in [2.24, 2.45) is 0 Å². The average Bonchev–Trinajstić information content (AvgIpc) is 2.60. The van der Waals surface area contributed by atoms with Crippen LogP contribution in [0.25, 0.3) is 0 Å². The molecule has 0 aromatic heterocycles. The number of amides is 2. The maximum atomic E-state index is 12.0. The minimum Gasteiger partial charge on any atom is -0.383 e. The number of para-hydroxylation sites is 1. The highest BCUT2D eigenvalue weighted by Crippen LogP contribution is 2.19. The number of carbonyl (C=O) groups is 2. The molecule has 1 aliphatic rings. The molecule has 0 unspecified atom stereocenters. The molecule has 108 valence electrons. The highest BCUT2D eigenvalue weighted by molar-refractivity contribution is 5.87. The maximum absolute atomic E-state index is 12.0. The van der Waals surface area contributed by atoms with Gasteiger partial charge in [-0.15, -0.1) is 0 Å². The third kappa shape index (κ3) is 3.71. The van der Waals surface area contributed by atoms with E-state index in [-0.39, 0.29) is 24.9 Å². The standard InChI is InChI=1S/C14H19N3O3/c1-20-7-6-15-13(18)10-17-9-11-4-2-3-5-12(11)16-8-14(17)19/h2-5,16H,6-10H2,1H3,(H,15,18). The van der Waals surface area contributed by atoms with Gasteiger partial charge in [-0.2, -0.15) is 0 Å². The Kier molecular flexibility index (Phi) is 4.95. The van der Waals surface area contributed by atoms with E-state index in [1.54, 1.807) is 12.0 Å².